The summed E-state index contributed by atoms with van der Waals surface area (Å²) in [5, 5.41) is 11.6. The van der Waals surface area contributed by atoms with E-state index in [1.165, 1.54) is 11.0 Å². The van der Waals surface area contributed by atoms with Crippen LogP contribution in [0.15, 0.2) is 18.2 Å². The van der Waals surface area contributed by atoms with Gasteiger partial charge in [0.05, 0.1) is 37.3 Å². The Bertz CT molecular complexity index is 832. The summed E-state index contributed by atoms with van der Waals surface area (Å²) in [6, 6.07) is 4.97. The number of hydrogen-bond acceptors (Lipinski definition) is 5. The molecule has 0 saturated carbocycles. The highest BCUT2D eigenvalue weighted by Crippen LogP contribution is 2.32. The zero-order chi connectivity index (χ0) is 21.7. The topological polar surface area (TPSA) is 85.7 Å². The van der Waals surface area contributed by atoms with E-state index in [-0.39, 0.29) is 30.3 Å². The molecule has 1 aromatic carbocycles. The Labute approximate surface area is 172 Å². The Balaban J connectivity index is 1.78. The van der Waals surface area contributed by atoms with Gasteiger partial charge in [-0.2, -0.15) is 18.4 Å². The maximum absolute atomic E-state index is 13.4. The molecule has 1 N–H and O–H groups in total. The Kier molecular flexibility index (Phi) is 6.95. The zero-order valence-corrected chi connectivity index (χ0v) is 16.4. The SMILES string of the molecule is N#CC1CCCN(C(=O)c2cc(NC(=O)CN3CCOCC3)cc(C(F)(F)F)c2)C1. The summed E-state index contributed by atoms with van der Waals surface area (Å²) in [6.07, 6.45) is -3.39. The summed E-state index contributed by atoms with van der Waals surface area (Å²) in [7, 11) is 0. The molecule has 3 rings (SSSR count). The number of nitrogens with zero attached hydrogens (tertiary/aromatic N) is 3. The van der Waals surface area contributed by atoms with Crippen LogP contribution in [0.5, 0.6) is 0 Å². The quantitative estimate of drug-likeness (QED) is 0.802. The first-order valence-electron chi connectivity index (χ1n) is 9.77. The van der Waals surface area contributed by atoms with E-state index < -0.39 is 23.6 Å². The van der Waals surface area contributed by atoms with Crippen molar-refractivity contribution in [1.82, 2.24) is 9.80 Å². The number of ether oxygens (including phenoxy) is 1. The number of benzene rings is 1. The van der Waals surface area contributed by atoms with Gasteiger partial charge in [0, 0.05) is 37.4 Å². The Morgan fingerprint density at radius 2 is 1.93 bits per heavy atom. The fourth-order valence-corrected chi connectivity index (χ4v) is 3.60. The summed E-state index contributed by atoms with van der Waals surface area (Å²) >= 11 is 0. The summed E-state index contributed by atoms with van der Waals surface area (Å²) in [6.45, 7) is 2.71. The monoisotopic (exact) mass is 424 g/mol. The third-order valence-electron chi connectivity index (χ3n) is 5.15. The molecule has 0 radical (unpaired) electrons. The minimum atomic E-state index is -4.67. The molecule has 2 fully saturated rings. The molecule has 1 aromatic rings. The van der Waals surface area contributed by atoms with Crippen molar-refractivity contribution < 1.29 is 27.5 Å². The lowest BCUT2D eigenvalue weighted by Gasteiger charge is -2.30. The number of likely N-dealkylation sites (tertiary alicyclic amines) is 1. The third kappa shape index (κ3) is 5.70. The predicted octanol–water partition coefficient (Wildman–Crippen LogP) is 2.35. The molecule has 30 heavy (non-hydrogen) atoms. The van der Waals surface area contributed by atoms with Crippen LogP contribution in [0.2, 0.25) is 0 Å². The molecular formula is C20H23F3N4O3. The number of rotatable bonds is 4. The van der Waals surface area contributed by atoms with Crippen molar-refractivity contribution >= 4 is 17.5 Å². The second-order valence-corrected chi connectivity index (χ2v) is 7.45. The van der Waals surface area contributed by atoms with Crippen molar-refractivity contribution in [3.63, 3.8) is 0 Å². The van der Waals surface area contributed by atoms with Gasteiger partial charge in [-0.1, -0.05) is 0 Å². The molecule has 2 heterocycles. The summed E-state index contributed by atoms with van der Waals surface area (Å²) < 4.78 is 45.3. The van der Waals surface area contributed by atoms with Gasteiger partial charge in [0.15, 0.2) is 0 Å². The maximum Gasteiger partial charge on any atom is 0.416 e. The molecule has 0 aliphatic carbocycles. The van der Waals surface area contributed by atoms with Crippen LogP contribution in [-0.2, 0) is 15.7 Å². The number of alkyl halides is 3. The van der Waals surface area contributed by atoms with Crippen LogP contribution in [0, 0.1) is 17.2 Å². The van der Waals surface area contributed by atoms with E-state index >= 15 is 0 Å². The Hall–Kier alpha value is -2.64. The van der Waals surface area contributed by atoms with Crippen LogP contribution in [0.25, 0.3) is 0 Å². The molecule has 2 saturated heterocycles. The van der Waals surface area contributed by atoms with Crippen molar-refractivity contribution in [3.8, 4) is 6.07 Å². The first-order valence-corrected chi connectivity index (χ1v) is 9.77. The van der Waals surface area contributed by atoms with E-state index in [0.717, 1.165) is 12.1 Å². The zero-order valence-electron chi connectivity index (χ0n) is 16.4. The van der Waals surface area contributed by atoms with E-state index in [1.54, 1.807) is 0 Å². The predicted molar refractivity (Wildman–Crippen MR) is 102 cm³/mol. The molecule has 7 nitrogen and oxygen atoms in total. The molecular weight excluding hydrogens is 401 g/mol. The minimum absolute atomic E-state index is 0.0266. The van der Waals surface area contributed by atoms with Gasteiger partial charge < -0.3 is 15.0 Å². The number of carbonyl (C=O) groups is 2. The highest BCUT2D eigenvalue weighted by atomic mass is 19.4. The normalized spacial score (nSPS) is 20.5. The Morgan fingerprint density at radius 1 is 1.20 bits per heavy atom. The molecule has 0 spiro atoms. The molecule has 10 heteroatoms. The number of anilines is 1. The van der Waals surface area contributed by atoms with Crippen molar-refractivity contribution in [2.45, 2.75) is 19.0 Å². The number of amides is 2. The van der Waals surface area contributed by atoms with Gasteiger partial charge in [0.2, 0.25) is 5.91 Å². The number of nitriles is 1. The van der Waals surface area contributed by atoms with Gasteiger partial charge in [-0.05, 0) is 31.0 Å². The van der Waals surface area contributed by atoms with Crippen molar-refractivity contribution in [2.24, 2.45) is 5.92 Å². The lowest BCUT2D eigenvalue weighted by molar-refractivity contribution is -0.137. The second kappa shape index (κ2) is 9.45. The van der Waals surface area contributed by atoms with E-state index in [1.807, 2.05) is 4.90 Å². The first-order chi connectivity index (χ1) is 14.3. The molecule has 0 aromatic heterocycles. The standard InChI is InChI=1S/C20H23F3N4O3/c21-20(22,23)16-8-15(19(29)27-3-1-2-14(11-24)12-27)9-17(10-16)25-18(28)13-26-4-6-30-7-5-26/h8-10,14H,1-7,12-13H2,(H,25,28). The summed E-state index contributed by atoms with van der Waals surface area (Å²) in [5.41, 5.74) is -1.26. The van der Waals surface area contributed by atoms with Crippen LogP contribution in [0.1, 0.15) is 28.8 Å². The van der Waals surface area contributed by atoms with Gasteiger partial charge in [-0.25, -0.2) is 0 Å². The fourth-order valence-electron chi connectivity index (χ4n) is 3.60. The lowest BCUT2D eigenvalue weighted by atomic mass is 9.98. The number of piperidine rings is 1. The average Bonchev–Trinajstić information content (AvgIpc) is 2.73. The highest BCUT2D eigenvalue weighted by Gasteiger charge is 2.33. The summed E-state index contributed by atoms with van der Waals surface area (Å²) in [5.74, 6) is -1.37. The number of carbonyl (C=O) groups excluding carboxylic acids is 2. The minimum Gasteiger partial charge on any atom is -0.379 e. The average molecular weight is 424 g/mol. The fraction of sp³-hybridized carbons (Fsp3) is 0.550. The molecule has 0 bridgehead atoms. The van der Waals surface area contributed by atoms with Crippen LogP contribution >= 0.6 is 0 Å². The van der Waals surface area contributed by atoms with E-state index in [4.69, 9.17) is 10.00 Å². The van der Waals surface area contributed by atoms with E-state index in [9.17, 15) is 22.8 Å². The van der Waals surface area contributed by atoms with Gasteiger partial charge in [-0.3, -0.25) is 14.5 Å². The molecule has 2 aliphatic rings. The third-order valence-corrected chi connectivity index (χ3v) is 5.15. The molecule has 1 atom stereocenters. The van der Waals surface area contributed by atoms with Crippen molar-refractivity contribution in [2.75, 3.05) is 51.3 Å². The van der Waals surface area contributed by atoms with Crippen molar-refractivity contribution in [1.29, 1.82) is 5.26 Å². The van der Waals surface area contributed by atoms with E-state index in [2.05, 4.69) is 11.4 Å². The lowest BCUT2D eigenvalue weighted by Crippen LogP contribution is -2.41. The first kappa shape index (κ1) is 22.1. The van der Waals surface area contributed by atoms with Gasteiger partial charge in [0.25, 0.3) is 5.91 Å². The maximum atomic E-state index is 13.4. The largest absolute Gasteiger partial charge is 0.416 e. The molecule has 162 valence electrons. The molecule has 1 unspecified atom stereocenters. The second-order valence-electron chi connectivity index (χ2n) is 7.45. The van der Waals surface area contributed by atoms with Gasteiger partial charge in [0.1, 0.15) is 0 Å². The van der Waals surface area contributed by atoms with Crippen molar-refractivity contribution in [3.05, 3.63) is 29.3 Å². The van der Waals surface area contributed by atoms with Crippen LogP contribution in [-0.4, -0.2) is 67.6 Å². The van der Waals surface area contributed by atoms with Crippen LogP contribution in [0.3, 0.4) is 0 Å². The number of halogens is 3. The van der Waals surface area contributed by atoms with Gasteiger partial charge in [-0.15, -0.1) is 0 Å². The van der Waals surface area contributed by atoms with Gasteiger partial charge >= 0.3 is 6.18 Å². The number of morpholine rings is 1. The Morgan fingerprint density at radius 3 is 2.60 bits per heavy atom. The molecule has 2 aliphatic heterocycles. The molecule has 2 amide bonds. The smallest absolute Gasteiger partial charge is 0.379 e. The van der Waals surface area contributed by atoms with Crippen LogP contribution in [0.4, 0.5) is 18.9 Å². The van der Waals surface area contributed by atoms with Crippen LogP contribution < -0.4 is 5.32 Å². The van der Waals surface area contributed by atoms with E-state index in [0.29, 0.717) is 45.7 Å². The highest BCUT2D eigenvalue weighted by molar-refractivity contribution is 5.98. The summed E-state index contributed by atoms with van der Waals surface area (Å²) in [4.78, 5) is 28.3. The number of nitrogens with one attached hydrogen (secondary N) is 1. The number of hydrogen-bond donors (Lipinski definition) is 1.